The molecule has 0 aliphatic carbocycles. The number of nitrogens with one attached hydrogen (secondary N) is 1. The molecule has 0 aliphatic rings. The molecule has 1 aromatic heterocycles. The summed E-state index contributed by atoms with van der Waals surface area (Å²) in [6.45, 7) is 4.97. The predicted molar refractivity (Wildman–Crippen MR) is 56.0 cm³/mol. The van der Waals surface area contributed by atoms with Crippen LogP contribution in [0.5, 0.6) is 0 Å². The third kappa shape index (κ3) is 3.17. The molecule has 0 fully saturated rings. The Morgan fingerprint density at radius 1 is 1.50 bits per heavy atom. The summed E-state index contributed by atoms with van der Waals surface area (Å²) >= 11 is 0. The fourth-order valence-electron chi connectivity index (χ4n) is 1.02. The van der Waals surface area contributed by atoms with E-state index in [1.54, 1.807) is 24.5 Å². The number of hydrogen-bond acceptors (Lipinski definition) is 2. The lowest BCUT2D eigenvalue weighted by Crippen LogP contribution is -2.27. The van der Waals surface area contributed by atoms with Gasteiger partial charge in [-0.1, -0.05) is 20.3 Å². The lowest BCUT2D eigenvalue weighted by atomic mass is 10.1. The third-order valence-corrected chi connectivity index (χ3v) is 2.25. The second kappa shape index (κ2) is 5.37. The van der Waals surface area contributed by atoms with Gasteiger partial charge in [0.2, 0.25) is 0 Å². The van der Waals surface area contributed by atoms with E-state index in [1.807, 2.05) is 0 Å². The molecule has 0 aromatic carbocycles. The number of aromatic nitrogens is 1. The zero-order valence-electron chi connectivity index (χ0n) is 8.66. The summed E-state index contributed by atoms with van der Waals surface area (Å²) in [6.07, 6.45) is 4.33. The second-order valence-corrected chi connectivity index (χ2v) is 3.46. The van der Waals surface area contributed by atoms with E-state index < -0.39 is 0 Å². The van der Waals surface area contributed by atoms with E-state index >= 15 is 0 Å². The minimum Gasteiger partial charge on any atom is -0.352 e. The Labute approximate surface area is 84.6 Å². The quantitative estimate of drug-likeness (QED) is 0.791. The Morgan fingerprint density at radius 3 is 2.71 bits per heavy atom. The maximum atomic E-state index is 11.5. The molecule has 1 heterocycles. The van der Waals surface area contributed by atoms with Crippen molar-refractivity contribution >= 4 is 5.91 Å². The lowest BCUT2D eigenvalue weighted by Gasteiger charge is -2.09. The molecule has 0 radical (unpaired) electrons. The standard InChI is InChI=1S/C11H16N2O/c1-3-9(2)8-13-11(14)10-4-6-12-7-5-10/h4-7,9H,3,8H2,1-2H3,(H,13,14). The molecule has 3 heteroatoms. The summed E-state index contributed by atoms with van der Waals surface area (Å²) < 4.78 is 0. The summed E-state index contributed by atoms with van der Waals surface area (Å²) in [5, 5.41) is 2.88. The molecule has 3 nitrogen and oxygen atoms in total. The summed E-state index contributed by atoms with van der Waals surface area (Å²) in [4.78, 5) is 15.4. The Balaban J connectivity index is 2.44. The van der Waals surface area contributed by atoms with Gasteiger partial charge < -0.3 is 5.32 Å². The Morgan fingerprint density at radius 2 is 2.14 bits per heavy atom. The van der Waals surface area contributed by atoms with Gasteiger partial charge in [-0.25, -0.2) is 0 Å². The van der Waals surface area contributed by atoms with E-state index in [-0.39, 0.29) is 5.91 Å². The number of nitrogens with zero attached hydrogens (tertiary/aromatic N) is 1. The van der Waals surface area contributed by atoms with Crippen molar-refractivity contribution in [3.63, 3.8) is 0 Å². The van der Waals surface area contributed by atoms with Gasteiger partial charge in [0.05, 0.1) is 0 Å². The molecule has 14 heavy (non-hydrogen) atoms. The number of amides is 1. The number of pyridine rings is 1. The van der Waals surface area contributed by atoms with Crippen molar-refractivity contribution in [2.75, 3.05) is 6.54 Å². The van der Waals surface area contributed by atoms with Gasteiger partial charge in [-0.3, -0.25) is 9.78 Å². The molecular weight excluding hydrogens is 176 g/mol. The summed E-state index contributed by atoms with van der Waals surface area (Å²) in [5.74, 6) is 0.508. The first-order valence-corrected chi connectivity index (χ1v) is 4.92. The van der Waals surface area contributed by atoms with Crippen LogP contribution in [0.2, 0.25) is 0 Å². The highest BCUT2D eigenvalue weighted by Gasteiger charge is 2.05. The van der Waals surface area contributed by atoms with Crippen molar-refractivity contribution in [1.29, 1.82) is 0 Å². The molecule has 0 saturated carbocycles. The molecule has 1 aromatic rings. The maximum absolute atomic E-state index is 11.5. The van der Waals surface area contributed by atoms with Gasteiger partial charge in [-0.15, -0.1) is 0 Å². The zero-order chi connectivity index (χ0) is 10.4. The van der Waals surface area contributed by atoms with Gasteiger partial charge in [-0.2, -0.15) is 0 Å². The van der Waals surface area contributed by atoms with Crippen LogP contribution >= 0.6 is 0 Å². The first kappa shape index (κ1) is 10.7. The highest BCUT2D eigenvalue weighted by Crippen LogP contribution is 2.00. The minimum absolute atomic E-state index is 0.0206. The Hall–Kier alpha value is -1.38. The minimum atomic E-state index is -0.0206. The molecule has 1 atom stereocenters. The molecular formula is C11H16N2O. The number of hydrogen-bond donors (Lipinski definition) is 1. The summed E-state index contributed by atoms with van der Waals surface area (Å²) in [5.41, 5.74) is 0.670. The van der Waals surface area contributed by atoms with Gasteiger partial charge in [0.1, 0.15) is 0 Å². The lowest BCUT2D eigenvalue weighted by molar-refractivity contribution is 0.0947. The van der Waals surface area contributed by atoms with Crippen molar-refractivity contribution in [3.05, 3.63) is 30.1 Å². The van der Waals surface area contributed by atoms with E-state index in [0.29, 0.717) is 11.5 Å². The van der Waals surface area contributed by atoms with Crippen LogP contribution in [-0.2, 0) is 0 Å². The first-order chi connectivity index (χ1) is 6.74. The molecule has 1 rings (SSSR count). The molecule has 76 valence electrons. The highest BCUT2D eigenvalue weighted by molar-refractivity contribution is 5.93. The van der Waals surface area contributed by atoms with E-state index in [1.165, 1.54) is 0 Å². The van der Waals surface area contributed by atoms with E-state index in [0.717, 1.165) is 13.0 Å². The molecule has 1 N–H and O–H groups in total. The normalized spacial score (nSPS) is 12.1. The average molecular weight is 192 g/mol. The summed E-state index contributed by atoms with van der Waals surface area (Å²) in [7, 11) is 0. The predicted octanol–water partition coefficient (Wildman–Crippen LogP) is 1.86. The third-order valence-electron chi connectivity index (χ3n) is 2.25. The largest absolute Gasteiger partial charge is 0.352 e. The van der Waals surface area contributed by atoms with Gasteiger partial charge in [-0.05, 0) is 18.1 Å². The van der Waals surface area contributed by atoms with Crippen LogP contribution < -0.4 is 5.32 Å². The van der Waals surface area contributed by atoms with Crippen LogP contribution in [-0.4, -0.2) is 17.4 Å². The van der Waals surface area contributed by atoms with Gasteiger partial charge in [0.15, 0.2) is 0 Å². The summed E-state index contributed by atoms with van der Waals surface area (Å²) in [6, 6.07) is 3.43. The molecule has 0 bridgehead atoms. The maximum Gasteiger partial charge on any atom is 0.251 e. The fourth-order valence-corrected chi connectivity index (χ4v) is 1.02. The van der Waals surface area contributed by atoms with Crippen LogP contribution in [0.15, 0.2) is 24.5 Å². The van der Waals surface area contributed by atoms with Crippen molar-refractivity contribution < 1.29 is 4.79 Å². The van der Waals surface area contributed by atoms with Crippen LogP contribution in [0.4, 0.5) is 0 Å². The first-order valence-electron chi connectivity index (χ1n) is 4.92. The number of carbonyl (C=O) groups is 1. The fraction of sp³-hybridized carbons (Fsp3) is 0.455. The Bertz CT molecular complexity index is 285. The average Bonchev–Trinajstić information content (AvgIpc) is 2.26. The smallest absolute Gasteiger partial charge is 0.251 e. The molecule has 1 amide bonds. The Kier molecular flexibility index (Phi) is 4.11. The molecule has 1 unspecified atom stereocenters. The topological polar surface area (TPSA) is 42.0 Å². The highest BCUT2D eigenvalue weighted by atomic mass is 16.1. The van der Waals surface area contributed by atoms with E-state index in [2.05, 4.69) is 24.1 Å². The van der Waals surface area contributed by atoms with Gasteiger partial charge in [0.25, 0.3) is 5.91 Å². The van der Waals surface area contributed by atoms with Crippen molar-refractivity contribution in [2.45, 2.75) is 20.3 Å². The SMILES string of the molecule is CCC(C)CNC(=O)c1ccncc1. The number of rotatable bonds is 4. The van der Waals surface area contributed by atoms with Crippen LogP contribution in [0.1, 0.15) is 30.6 Å². The zero-order valence-corrected chi connectivity index (χ0v) is 8.66. The van der Waals surface area contributed by atoms with Crippen LogP contribution in [0.25, 0.3) is 0 Å². The van der Waals surface area contributed by atoms with Crippen molar-refractivity contribution in [2.24, 2.45) is 5.92 Å². The van der Waals surface area contributed by atoms with Crippen molar-refractivity contribution in [1.82, 2.24) is 10.3 Å². The molecule has 0 saturated heterocycles. The van der Waals surface area contributed by atoms with Gasteiger partial charge in [0, 0.05) is 24.5 Å². The molecule has 0 aliphatic heterocycles. The van der Waals surface area contributed by atoms with Gasteiger partial charge >= 0.3 is 0 Å². The van der Waals surface area contributed by atoms with Crippen LogP contribution in [0.3, 0.4) is 0 Å². The van der Waals surface area contributed by atoms with E-state index in [9.17, 15) is 4.79 Å². The monoisotopic (exact) mass is 192 g/mol. The van der Waals surface area contributed by atoms with Crippen LogP contribution in [0, 0.1) is 5.92 Å². The number of carbonyl (C=O) groups excluding carboxylic acids is 1. The van der Waals surface area contributed by atoms with Crippen molar-refractivity contribution in [3.8, 4) is 0 Å². The molecule has 0 spiro atoms. The second-order valence-electron chi connectivity index (χ2n) is 3.46. The van der Waals surface area contributed by atoms with E-state index in [4.69, 9.17) is 0 Å².